The van der Waals surface area contributed by atoms with E-state index in [1.54, 1.807) is 54.7 Å². The van der Waals surface area contributed by atoms with Crippen LogP contribution in [0, 0.1) is 0 Å². The van der Waals surface area contributed by atoms with Crippen LogP contribution in [0.5, 0.6) is 0 Å². The SMILES string of the molecule is CC(NC(=O)Cc1ccccn1)(C(=O)O)c1ccccc1. The number of carboxylic acids is 1. The van der Waals surface area contributed by atoms with Gasteiger partial charge in [0.15, 0.2) is 5.54 Å². The van der Waals surface area contributed by atoms with Crippen LogP contribution in [0.3, 0.4) is 0 Å². The Balaban J connectivity index is 2.17. The zero-order chi connectivity index (χ0) is 15.3. The van der Waals surface area contributed by atoms with Gasteiger partial charge in [0.2, 0.25) is 5.91 Å². The van der Waals surface area contributed by atoms with Gasteiger partial charge in [0.1, 0.15) is 0 Å². The van der Waals surface area contributed by atoms with Gasteiger partial charge < -0.3 is 10.4 Å². The minimum Gasteiger partial charge on any atom is -0.479 e. The lowest BCUT2D eigenvalue weighted by molar-refractivity contribution is -0.147. The molecule has 1 aromatic carbocycles. The molecule has 2 rings (SSSR count). The summed E-state index contributed by atoms with van der Waals surface area (Å²) in [7, 11) is 0. The van der Waals surface area contributed by atoms with Crippen molar-refractivity contribution in [1.29, 1.82) is 0 Å². The van der Waals surface area contributed by atoms with E-state index in [-0.39, 0.29) is 12.3 Å². The first-order valence-corrected chi connectivity index (χ1v) is 6.52. The zero-order valence-electron chi connectivity index (χ0n) is 11.6. The summed E-state index contributed by atoms with van der Waals surface area (Å²) in [6, 6.07) is 13.9. The van der Waals surface area contributed by atoms with Crippen molar-refractivity contribution in [3.05, 3.63) is 66.0 Å². The van der Waals surface area contributed by atoms with E-state index in [4.69, 9.17) is 0 Å². The lowest BCUT2D eigenvalue weighted by Gasteiger charge is -2.26. The monoisotopic (exact) mass is 284 g/mol. The number of hydrogen-bond donors (Lipinski definition) is 2. The molecule has 0 saturated carbocycles. The molecule has 0 aliphatic carbocycles. The molecule has 1 unspecified atom stereocenters. The number of aliphatic carboxylic acids is 1. The van der Waals surface area contributed by atoms with Crippen LogP contribution in [0.15, 0.2) is 54.7 Å². The summed E-state index contributed by atoms with van der Waals surface area (Å²) in [6.07, 6.45) is 1.63. The Labute approximate surface area is 122 Å². The average Bonchev–Trinajstić information content (AvgIpc) is 2.48. The molecule has 0 radical (unpaired) electrons. The molecule has 0 fully saturated rings. The molecular formula is C16H16N2O3. The third kappa shape index (κ3) is 3.45. The highest BCUT2D eigenvalue weighted by Gasteiger charge is 2.36. The molecule has 5 nitrogen and oxygen atoms in total. The summed E-state index contributed by atoms with van der Waals surface area (Å²) in [5, 5.41) is 12.0. The van der Waals surface area contributed by atoms with Crippen LogP contribution in [0.2, 0.25) is 0 Å². The maximum Gasteiger partial charge on any atom is 0.333 e. The first-order valence-electron chi connectivity index (χ1n) is 6.52. The zero-order valence-corrected chi connectivity index (χ0v) is 11.6. The number of carbonyl (C=O) groups is 2. The van der Waals surface area contributed by atoms with Crippen LogP contribution in [-0.4, -0.2) is 22.0 Å². The second kappa shape index (κ2) is 6.17. The number of rotatable bonds is 5. The van der Waals surface area contributed by atoms with Crippen LogP contribution in [0.4, 0.5) is 0 Å². The van der Waals surface area contributed by atoms with Crippen LogP contribution >= 0.6 is 0 Å². The fourth-order valence-corrected chi connectivity index (χ4v) is 2.01. The Morgan fingerprint density at radius 1 is 1.14 bits per heavy atom. The van der Waals surface area contributed by atoms with E-state index in [0.717, 1.165) is 0 Å². The second-order valence-corrected chi connectivity index (χ2v) is 4.84. The van der Waals surface area contributed by atoms with Crippen LogP contribution in [0.1, 0.15) is 18.2 Å². The molecule has 1 atom stereocenters. The van der Waals surface area contributed by atoms with Crippen molar-refractivity contribution in [2.45, 2.75) is 18.9 Å². The van der Waals surface area contributed by atoms with E-state index in [0.29, 0.717) is 11.3 Å². The maximum atomic E-state index is 12.1. The largest absolute Gasteiger partial charge is 0.479 e. The van der Waals surface area contributed by atoms with Gasteiger partial charge in [0.25, 0.3) is 0 Å². The van der Waals surface area contributed by atoms with E-state index >= 15 is 0 Å². The molecule has 0 bridgehead atoms. The van der Waals surface area contributed by atoms with Gasteiger partial charge in [-0.2, -0.15) is 0 Å². The van der Waals surface area contributed by atoms with Gasteiger partial charge in [-0.3, -0.25) is 9.78 Å². The molecule has 108 valence electrons. The molecule has 2 aromatic rings. The van der Waals surface area contributed by atoms with E-state index in [2.05, 4.69) is 10.3 Å². The van der Waals surface area contributed by atoms with Gasteiger partial charge in [-0.1, -0.05) is 36.4 Å². The summed E-state index contributed by atoms with van der Waals surface area (Å²) in [6.45, 7) is 1.47. The average molecular weight is 284 g/mol. The van der Waals surface area contributed by atoms with Crippen molar-refractivity contribution >= 4 is 11.9 Å². The molecular weight excluding hydrogens is 268 g/mol. The molecule has 5 heteroatoms. The van der Waals surface area contributed by atoms with Gasteiger partial charge >= 0.3 is 5.97 Å². The van der Waals surface area contributed by atoms with Crippen molar-refractivity contribution in [3.63, 3.8) is 0 Å². The topological polar surface area (TPSA) is 79.3 Å². The predicted molar refractivity (Wildman–Crippen MR) is 77.5 cm³/mol. The third-order valence-electron chi connectivity index (χ3n) is 3.24. The van der Waals surface area contributed by atoms with Gasteiger partial charge in [-0.05, 0) is 24.6 Å². The first-order chi connectivity index (χ1) is 10.0. The Bertz CT molecular complexity index is 628. The number of carboxylic acid groups (broad SMARTS) is 1. The fraction of sp³-hybridized carbons (Fsp3) is 0.188. The predicted octanol–water partition coefficient (Wildman–Crippen LogP) is 1.74. The highest BCUT2D eigenvalue weighted by atomic mass is 16.4. The number of pyridine rings is 1. The van der Waals surface area contributed by atoms with Crippen LogP contribution in [-0.2, 0) is 21.5 Å². The first kappa shape index (κ1) is 14.7. The summed E-state index contributed by atoms with van der Waals surface area (Å²) in [4.78, 5) is 27.7. The van der Waals surface area contributed by atoms with Crippen LogP contribution < -0.4 is 5.32 Å². The highest BCUT2D eigenvalue weighted by Crippen LogP contribution is 2.21. The highest BCUT2D eigenvalue weighted by molar-refractivity contribution is 5.88. The molecule has 0 saturated heterocycles. The number of nitrogens with zero attached hydrogens (tertiary/aromatic N) is 1. The molecule has 1 aromatic heterocycles. The number of carbonyl (C=O) groups excluding carboxylic acids is 1. The normalized spacial score (nSPS) is 13.2. The number of hydrogen-bond acceptors (Lipinski definition) is 3. The van der Waals surface area contributed by atoms with Crippen molar-refractivity contribution in [3.8, 4) is 0 Å². The number of benzene rings is 1. The molecule has 1 heterocycles. The standard InChI is InChI=1S/C16H16N2O3/c1-16(15(20)21,12-7-3-2-4-8-12)18-14(19)11-13-9-5-6-10-17-13/h2-10H,11H2,1H3,(H,18,19)(H,20,21). The maximum absolute atomic E-state index is 12.1. The Morgan fingerprint density at radius 3 is 2.38 bits per heavy atom. The number of aromatic nitrogens is 1. The fourth-order valence-electron chi connectivity index (χ4n) is 2.01. The number of amides is 1. The Kier molecular flexibility index (Phi) is 4.33. The summed E-state index contributed by atoms with van der Waals surface area (Å²) < 4.78 is 0. The lowest BCUT2D eigenvalue weighted by Crippen LogP contribution is -2.50. The Hall–Kier alpha value is -2.69. The molecule has 0 aliphatic rings. The molecule has 1 amide bonds. The Morgan fingerprint density at radius 2 is 1.81 bits per heavy atom. The molecule has 0 aliphatic heterocycles. The van der Waals surface area contributed by atoms with Crippen molar-refractivity contribution in [2.24, 2.45) is 0 Å². The van der Waals surface area contributed by atoms with Gasteiger partial charge in [-0.15, -0.1) is 0 Å². The summed E-state index contributed by atoms with van der Waals surface area (Å²) >= 11 is 0. The van der Waals surface area contributed by atoms with Gasteiger partial charge in [-0.25, -0.2) is 4.79 Å². The summed E-state index contributed by atoms with van der Waals surface area (Å²) in [5.74, 6) is -1.49. The molecule has 21 heavy (non-hydrogen) atoms. The van der Waals surface area contributed by atoms with Crippen LogP contribution in [0.25, 0.3) is 0 Å². The molecule has 2 N–H and O–H groups in total. The minimum absolute atomic E-state index is 0.0382. The van der Waals surface area contributed by atoms with E-state index < -0.39 is 11.5 Å². The minimum atomic E-state index is -1.47. The van der Waals surface area contributed by atoms with Gasteiger partial charge in [0.05, 0.1) is 6.42 Å². The quantitative estimate of drug-likeness (QED) is 0.876. The van der Waals surface area contributed by atoms with Crippen molar-refractivity contribution in [1.82, 2.24) is 10.3 Å². The lowest BCUT2D eigenvalue weighted by atomic mass is 9.92. The molecule has 0 spiro atoms. The van der Waals surface area contributed by atoms with E-state index in [1.807, 2.05) is 0 Å². The van der Waals surface area contributed by atoms with Gasteiger partial charge in [0, 0.05) is 11.9 Å². The van der Waals surface area contributed by atoms with Crippen molar-refractivity contribution < 1.29 is 14.7 Å². The number of nitrogens with one attached hydrogen (secondary N) is 1. The smallest absolute Gasteiger partial charge is 0.333 e. The van der Waals surface area contributed by atoms with E-state index in [1.165, 1.54) is 6.92 Å². The van der Waals surface area contributed by atoms with E-state index in [9.17, 15) is 14.7 Å². The second-order valence-electron chi connectivity index (χ2n) is 4.84. The van der Waals surface area contributed by atoms with Crippen molar-refractivity contribution in [2.75, 3.05) is 0 Å². The third-order valence-corrected chi connectivity index (χ3v) is 3.24. The summed E-state index contributed by atoms with van der Waals surface area (Å²) in [5.41, 5.74) is -0.352.